The fraction of sp³-hybridized carbons (Fsp3) is 0.552. The molecule has 0 aromatic heterocycles. The van der Waals surface area contributed by atoms with Crippen LogP contribution in [0.1, 0.15) is 37.8 Å². The van der Waals surface area contributed by atoms with Crippen molar-refractivity contribution in [1.29, 1.82) is 0 Å². The lowest BCUT2D eigenvalue weighted by Crippen LogP contribution is -2.59. The van der Waals surface area contributed by atoms with Crippen LogP contribution in [-0.4, -0.2) is 71.3 Å². The number of carbonyl (C=O) groups is 3. The largest absolute Gasteiger partial charge is 0.465 e. The van der Waals surface area contributed by atoms with Gasteiger partial charge in [-0.1, -0.05) is 56.4 Å². The zero-order valence-corrected chi connectivity index (χ0v) is 21.9. The maximum atomic E-state index is 14.5. The third-order valence-corrected chi connectivity index (χ3v) is 8.31. The second kappa shape index (κ2) is 9.72. The highest BCUT2D eigenvalue weighted by molar-refractivity contribution is 6.06. The molecule has 8 heteroatoms. The lowest BCUT2D eigenvalue weighted by Gasteiger charge is -2.40. The van der Waals surface area contributed by atoms with Crippen molar-refractivity contribution < 1.29 is 29.0 Å². The number of carbonyl (C=O) groups excluding carboxylic acids is 3. The number of cyclic esters (lactones) is 1. The summed E-state index contributed by atoms with van der Waals surface area (Å²) in [4.78, 5) is 45.3. The molecule has 1 N–H and O–H groups in total. The van der Waals surface area contributed by atoms with Crippen LogP contribution in [0.15, 0.2) is 42.5 Å². The van der Waals surface area contributed by atoms with Gasteiger partial charge in [0.1, 0.15) is 17.6 Å². The Morgan fingerprint density at radius 1 is 1.11 bits per heavy atom. The number of anilines is 1. The summed E-state index contributed by atoms with van der Waals surface area (Å²) in [5.74, 6) is -3.03. The summed E-state index contributed by atoms with van der Waals surface area (Å²) in [5, 5.41) is 10.4. The van der Waals surface area contributed by atoms with E-state index in [-0.39, 0.29) is 30.9 Å². The third kappa shape index (κ3) is 3.92. The van der Waals surface area contributed by atoms with E-state index in [0.717, 1.165) is 23.2 Å². The van der Waals surface area contributed by atoms with Gasteiger partial charge >= 0.3 is 5.97 Å². The quantitative estimate of drug-likeness (QED) is 0.496. The minimum absolute atomic E-state index is 0.123. The summed E-state index contributed by atoms with van der Waals surface area (Å²) in [6.45, 7) is 8.02. The van der Waals surface area contributed by atoms with Crippen LogP contribution in [0, 0.1) is 31.6 Å². The highest BCUT2D eigenvalue weighted by atomic mass is 16.6. The van der Waals surface area contributed by atoms with Gasteiger partial charge in [-0.2, -0.15) is 0 Å². The number of allylic oxidation sites excluding steroid dienone is 1. The van der Waals surface area contributed by atoms with Gasteiger partial charge in [0.05, 0.1) is 31.3 Å². The van der Waals surface area contributed by atoms with Crippen molar-refractivity contribution in [3.63, 3.8) is 0 Å². The highest BCUT2D eigenvalue weighted by Crippen LogP contribution is 2.54. The lowest BCUT2D eigenvalue weighted by atomic mass is 9.78. The van der Waals surface area contributed by atoms with E-state index in [9.17, 15) is 19.5 Å². The molecule has 37 heavy (non-hydrogen) atoms. The number of rotatable bonds is 4. The second-order valence-electron chi connectivity index (χ2n) is 10.9. The average molecular weight is 509 g/mol. The number of ether oxygens (including phenoxy) is 2. The van der Waals surface area contributed by atoms with E-state index in [1.165, 1.54) is 4.90 Å². The van der Waals surface area contributed by atoms with E-state index in [1.54, 1.807) is 4.90 Å². The maximum absolute atomic E-state index is 14.5. The number of fused-ring (bicyclic) bond motifs is 2. The Morgan fingerprint density at radius 3 is 2.51 bits per heavy atom. The Balaban J connectivity index is 1.68. The minimum Gasteiger partial charge on any atom is -0.465 e. The number of hydrogen-bond acceptors (Lipinski definition) is 6. The molecular formula is C29H36N2O6. The van der Waals surface area contributed by atoms with E-state index in [0.29, 0.717) is 13.0 Å². The summed E-state index contributed by atoms with van der Waals surface area (Å²) in [6, 6.07) is 4.23. The predicted octanol–water partition coefficient (Wildman–Crippen LogP) is 2.70. The van der Waals surface area contributed by atoms with Crippen LogP contribution in [-0.2, 0) is 23.9 Å². The molecule has 198 valence electrons. The molecule has 6 atom stereocenters. The van der Waals surface area contributed by atoms with Gasteiger partial charge in [-0.15, -0.1) is 0 Å². The number of amides is 2. The molecular weight excluding hydrogens is 472 g/mol. The second-order valence-corrected chi connectivity index (χ2v) is 10.9. The summed E-state index contributed by atoms with van der Waals surface area (Å²) in [7, 11) is 0. The Labute approximate surface area is 217 Å². The van der Waals surface area contributed by atoms with Gasteiger partial charge < -0.3 is 24.4 Å². The molecule has 8 nitrogen and oxygen atoms in total. The van der Waals surface area contributed by atoms with Crippen molar-refractivity contribution in [2.75, 3.05) is 24.7 Å². The van der Waals surface area contributed by atoms with Crippen molar-refractivity contribution in [2.24, 2.45) is 17.8 Å². The van der Waals surface area contributed by atoms with Crippen molar-refractivity contribution in [2.45, 2.75) is 64.3 Å². The normalized spacial score (nSPS) is 33.2. The van der Waals surface area contributed by atoms with Crippen LogP contribution in [0.2, 0.25) is 0 Å². The standard InChI is InChI=1S/C29H36N2O6/c1-17(2)20(16-32)31-25-27(34)30(24-18(3)10-8-11-19(24)4)14-9-13-29(25)23(26(31)33)22-21(37-29)12-6-5-7-15-36-28(22)35/h6,8-13,17,20-23,25,32H,5,7,14-16H2,1-4H3/b12-6-/t20-,21-,22+,23-,25?,29-/m0/s1. The molecule has 1 unspecified atom stereocenters. The first-order valence-electron chi connectivity index (χ1n) is 13.2. The molecule has 4 aliphatic rings. The number of aliphatic hydroxyl groups excluding tert-OH is 1. The Morgan fingerprint density at radius 2 is 1.84 bits per heavy atom. The molecule has 0 radical (unpaired) electrons. The van der Waals surface area contributed by atoms with Gasteiger partial charge in [-0.25, -0.2) is 0 Å². The summed E-state index contributed by atoms with van der Waals surface area (Å²) in [5.41, 5.74) is 1.35. The van der Waals surface area contributed by atoms with Crippen molar-refractivity contribution in [3.8, 4) is 0 Å². The highest BCUT2D eigenvalue weighted by Gasteiger charge is 2.72. The Hall–Kier alpha value is -2.97. The van der Waals surface area contributed by atoms with Gasteiger partial charge in [0, 0.05) is 12.2 Å². The van der Waals surface area contributed by atoms with Crippen LogP contribution < -0.4 is 4.90 Å². The molecule has 0 aliphatic carbocycles. The number of likely N-dealkylation sites (tertiary alicyclic amines) is 1. The number of esters is 1. The molecule has 4 heterocycles. The minimum atomic E-state index is -1.35. The fourth-order valence-corrected chi connectivity index (χ4v) is 6.60. The van der Waals surface area contributed by atoms with E-state index in [2.05, 4.69) is 0 Å². The number of nitrogens with zero attached hydrogens (tertiary/aromatic N) is 2. The maximum Gasteiger partial charge on any atom is 0.312 e. The monoisotopic (exact) mass is 508 g/mol. The van der Waals surface area contributed by atoms with Crippen LogP contribution in [0.4, 0.5) is 5.69 Å². The van der Waals surface area contributed by atoms with E-state index in [1.807, 2.05) is 70.2 Å². The number of benzene rings is 1. The molecule has 2 fully saturated rings. The smallest absolute Gasteiger partial charge is 0.312 e. The first kappa shape index (κ1) is 25.7. The third-order valence-electron chi connectivity index (χ3n) is 8.31. The zero-order valence-electron chi connectivity index (χ0n) is 21.9. The topological polar surface area (TPSA) is 96.4 Å². The number of aryl methyl sites for hydroxylation is 2. The van der Waals surface area contributed by atoms with Gasteiger partial charge in [0.25, 0.3) is 5.91 Å². The summed E-state index contributed by atoms with van der Waals surface area (Å²) < 4.78 is 12.2. The fourth-order valence-electron chi connectivity index (χ4n) is 6.60. The zero-order chi connectivity index (χ0) is 26.5. The Bertz CT molecular complexity index is 1140. The molecule has 2 saturated heterocycles. The summed E-state index contributed by atoms with van der Waals surface area (Å²) in [6.07, 6.45) is 8.25. The molecule has 2 amide bonds. The first-order chi connectivity index (χ1) is 17.7. The molecule has 1 spiro atoms. The van der Waals surface area contributed by atoms with Gasteiger partial charge in [-0.05, 0) is 43.7 Å². The van der Waals surface area contributed by atoms with Crippen LogP contribution in [0.3, 0.4) is 0 Å². The lowest BCUT2D eigenvalue weighted by molar-refractivity contribution is -0.155. The predicted molar refractivity (Wildman–Crippen MR) is 138 cm³/mol. The number of para-hydroxylation sites is 1. The first-order valence-corrected chi connectivity index (χ1v) is 13.2. The molecule has 0 bridgehead atoms. The van der Waals surface area contributed by atoms with E-state index < -0.39 is 41.6 Å². The van der Waals surface area contributed by atoms with Crippen LogP contribution in [0.5, 0.6) is 0 Å². The van der Waals surface area contributed by atoms with E-state index in [4.69, 9.17) is 9.47 Å². The van der Waals surface area contributed by atoms with Gasteiger partial charge in [0.15, 0.2) is 0 Å². The Kier molecular flexibility index (Phi) is 6.75. The van der Waals surface area contributed by atoms with Crippen LogP contribution in [0.25, 0.3) is 0 Å². The summed E-state index contributed by atoms with van der Waals surface area (Å²) >= 11 is 0. The molecule has 0 saturated carbocycles. The van der Waals surface area contributed by atoms with Crippen molar-refractivity contribution in [1.82, 2.24) is 4.90 Å². The van der Waals surface area contributed by atoms with Crippen molar-refractivity contribution in [3.05, 3.63) is 53.6 Å². The van der Waals surface area contributed by atoms with Gasteiger partial charge in [0.2, 0.25) is 5.91 Å². The SMILES string of the molecule is Cc1cccc(C)c1N1CC=C[C@]23O[C@H]4/C=C\CCCOC(=O)[C@H]4[C@H]2C(=O)N([C@@H](CO)C(C)C)C3C1=O. The average Bonchev–Trinajstić information content (AvgIpc) is 3.26. The van der Waals surface area contributed by atoms with Crippen molar-refractivity contribution >= 4 is 23.5 Å². The molecule has 1 aromatic rings. The number of aliphatic hydroxyl groups is 1. The van der Waals surface area contributed by atoms with Gasteiger partial charge in [-0.3, -0.25) is 14.4 Å². The molecule has 5 rings (SSSR count). The number of hydrogen-bond donors (Lipinski definition) is 1. The van der Waals surface area contributed by atoms with E-state index >= 15 is 0 Å². The van der Waals surface area contributed by atoms with Crippen LogP contribution >= 0.6 is 0 Å². The molecule has 1 aromatic carbocycles. The molecule has 4 aliphatic heterocycles.